The first kappa shape index (κ1) is 19.4. The van der Waals surface area contributed by atoms with Gasteiger partial charge < -0.3 is 15.2 Å². The van der Waals surface area contributed by atoms with E-state index in [-0.39, 0.29) is 23.9 Å². The minimum atomic E-state index is -0.339. The maximum Gasteiger partial charge on any atom is 0.342 e. The highest BCUT2D eigenvalue weighted by atomic mass is 16.5. The Morgan fingerprint density at radius 2 is 1.85 bits per heavy atom. The number of hydrogen-bond acceptors (Lipinski definition) is 4. The highest BCUT2D eigenvalue weighted by molar-refractivity contribution is 5.94. The molecule has 0 bridgehead atoms. The van der Waals surface area contributed by atoms with Crippen molar-refractivity contribution >= 4 is 5.97 Å². The first-order valence-corrected chi connectivity index (χ1v) is 9.71. The van der Waals surface area contributed by atoms with E-state index in [1.54, 1.807) is 0 Å². The second-order valence-corrected chi connectivity index (χ2v) is 7.78. The third-order valence-electron chi connectivity index (χ3n) is 5.48. The first-order valence-electron chi connectivity index (χ1n) is 9.71. The van der Waals surface area contributed by atoms with Crippen molar-refractivity contribution < 1.29 is 14.3 Å². The number of carbonyl (C=O) groups is 1. The van der Waals surface area contributed by atoms with Gasteiger partial charge in [-0.3, -0.25) is 0 Å². The van der Waals surface area contributed by atoms with Crippen LogP contribution in [0.25, 0.3) is 0 Å². The van der Waals surface area contributed by atoms with Gasteiger partial charge in [0.2, 0.25) is 0 Å². The largest absolute Gasteiger partial charge is 0.492 e. The molecule has 1 fully saturated rings. The molecule has 0 unspecified atom stereocenters. The van der Waals surface area contributed by atoms with E-state index in [1.165, 1.54) is 6.42 Å². The van der Waals surface area contributed by atoms with Gasteiger partial charge in [0.15, 0.2) is 0 Å². The zero-order valence-electron chi connectivity index (χ0n) is 16.2. The molecule has 1 aliphatic carbocycles. The van der Waals surface area contributed by atoms with Crippen LogP contribution in [0.5, 0.6) is 5.75 Å². The van der Waals surface area contributed by atoms with Gasteiger partial charge in [-0.15, -0.1) is 0 Å². The highest BCUT2D eigenvalue weighted by Crippen LogP contribution is 2.41. The minimum Gasteiger partial charge on any atom is -0.492 e. The molecule has 2 aromatic rings. The molecule has 0 aromatic heterocycles. The Morgan fingerprint density at radius 1 is 1.11 bits per heavy atom. The topological polar surface area (TPSA) is 61.5 Å². The molecule has 3 rings (SSSR count). The van der Waals surface area contributed by atoms with Crippen LogP contribution in [-0.2, 0) is 11.3 Å². The van der Waals surface area contributed by atoms with E-state index >= 15 is 0 Å². The molecule has 0 amide bonds. The van der Waals surface area contributed by atoms with Crippen molar-refractivity contribution in [1.29, 1.82) is 0 Å². The van der Waals surface area contributed by atoms with Crippen molar-refractivity contribution in [3.63, 3.8) is 0 Å². The molecule has 0 radical (unpaired) electrons. The predicted octanol–water partition coefficient (Wildman–Crippen LogP) is 4.67. The average Bonchev–Trinajstić information content (AvgIpc) is 2.66. The summed E-state index contributed by atoms with van der Waals surface area (Å²) >= 11 is 0. The zero-order chi connectivity index (χ0) is 19.3. The SMILES string of the molecule is CC(C)c1cccc(OCC2(CN)CCC2)c1C(=O)OCc1ccccc1. The lowest BCUT2D eigenvalue weighted by molar-refractivity contribution is 0.0446. The van der Waals surface area contributed by atoms with E-state index in [2.05, 4.69) is 13.8 Å². The number of carbonyl (C=O) groups excluding carboxylic acids is 1. The lowest BCUT2D eigenvalue weighted by Crippen LogP contribution is -2.42. The van der Waals surface area contributed by atoms with Crippen LogP contribution in [0, 0.1) is 5.41 Å². The smallest absolute Gasteiger partial charge is 0.342 e. The normalized spacial score (nSPS) is 15.3. The second kappa shape index (κ2) is 8.57. The van der Waals surface area contributed by atoms with E-state index in [0.29, 0.717) is 24.5 Å². The van der Waals surface area contributed by atoms with Crippen LogP contribution in [0.1, 0.15) is 60.5 Å². The molecular weight excluding hydrogens is 338 g/mol. The summed E-state index contributed by atoms with van der Waals surface area (Å²) in [5.74, 6) is 0.451. The summed E-state index contributed by atoms with van der Waals surface area (Å²) in [7, 11) is 0. The van der Waals surface area contributed by atoms with E-state index in [4.69, 9.17) is 15.2 Å². The second-order valence-electron chi connectivity index (χ2n) is 7.78. The van der Waals surface area contributed by atoms with Crippen LogP contribution in [0.2, 0.25) is 0 Å². The summed E-state index contributed by atoms with van der Waals surface area (Å²) in [6.07, 6.45) is 3.36. The van der Waals surface area contributed by atoms with Gasteiger partial charge >= 0.3 is 5.97 Å². The van der Waals surface area contributed by atoms with Gasteiger partial charge in [0.1, 0.15) is 17.9 Å². The van der Waals surface area contributed by atoms with Crippen molar-refractivity contribution in [3.8, 4) is 5.75 Å². The molecule has 0 atom stereocenters. The van der Waals surface area contributed by atoms with Gasteiger partial charge in [-0.1, -0.05) is 62.7 Å². The van der Waals surface area contributed by atoms with E-state index < -0.39 is 0 Å². The fraction of sp³-hybridized carbons (Fsp3) is 0.435. The molecule has 0 saturated heterocycles. The van der Waals surface area contributed by atoms with Crippen molar-refractivity contribution in [2.45, 2.75) is 45.6 Å². The monoisotopic (exact) mass is 367 g/mol. The van der Waals surface area contributed by atoms with Crippen LogP contribution in [0.4, 0.5) is 0 Å². The number of esters is 1. The van der Waals surface area contributed by atoms with E-state index in [0.717, 1.165) is 24.0 Å². The highest BCUT2D eigenvalue weighted by Gasteiger charge is 2.37. The number of nitrogens with two attached hydrogens (primary N) is 1. The van der Waals surface area contributed by atoms with Crippen LogP contribution in [-0.4, -0.2) is 19.1 Å². The van der Waals surface area contributed by atoms with Gasteiger partial charge in [0.25, 0.3) is 0 Å². The van der Waals surface area contributed by atoms with Crippen molar-refractivity contribution in [2.75, 3.05) is 13.2 Å². The Hall–Kier alpha value is -2.33. The standard InChI is InChI=1S/C23H29NO3/c1-17(2)19-10-6-11-20(27-16-23(15-24)12-7-13-23)21(19)22(25)26-14-18-8-4-3-5-9-18/h3-6,8-11,17H,7,12-16,24H2,1-2H3. The molecule has 144 valence electrons. The Morgan fingerprint density at radius 3 is 2.44 bits per heavy atom. The molecular formula is C23H29NO3. The molecule has 2 aromatic carbocycles. The lowest BCUT2D eigenvalue weighted by Gasteiger charge is -2.40. The summed E-state index contributed by atoms with van der Waals surface area (Å²) in [5, 5.41) is 0. The lowest BCUT2D eigenvalue weighted by atomic mass is 9.69. The third kappa shape index (κ3) is 4.51. The summed E-state index contributed by atoms with van der Waals surface area (Å²) in [6.45, 7) is 5.55. The fourth-order valence-corrected chi connectivity index (χ4v) is 3.48. The van der Waals surface area contributed by atoms with Crippen molar-refractivity contribution in [3.05, 3.63) is 65.2 Å². The average molecular weight is 367 g/mol. The predicted molar refractivity (Wildman–Crippen MR) is 107 cm³/mol. The number of benzene rings is 2. The summed E-state index contributed by atoms with van der Waals surface area (Å²) in [4.78, 5) is 12.9. The van der Waals surface area contributed by atoms with Crippen LogP contribution in [0.15, 0.2) is 48.5 Å². The first-order chi connectivity index (χ1) is 13.0. The zero-order valence-corrected chi connectivity index (χ0v) is 16.2. The van der Waals surface area contributed by atoms with E-state index in [9.17, 15) is 4.79 Å². The quantitative estimate of drug-likeness (QED) is 0.689. The Balaban J connectivity index is 1.79. The van der Waals surface area contributed by atoms with Crippen LogP contribution < -0.4 is 10.5 Å². The summed E-state index contributed by atoms with van der Waals surface area (Å²) < 4.78 is 11.7. The van der Waals surface area contributed by atoms with Gasteiger partial charge in [-0.2, -0.15) is 0 Å². The van der Waals surface area contributed by atoms with Crippen molar-refractivity contribution in [2.24, 2.45) is 11.1 Å². The number of rotatable bonds is 8. The molecule has 0 aliphatic heterocycles. The molecule has 0 heterocycles. The maximum absolute atomic E-state index is 12.9. The number of ether oxygens (including phenoxy) is 2. The summed E-state index contributed by atoms with van der Waals surface area (Å²) in [6, 6.07) is 15.5. The van der Waals surface area contributed by atoms with Crippen LogP contribution in [0.3, 0.4) is 0 Å². The maximum atomic E-state index is 12.9. The number of hydrogen-bond donors (Lipinski definition) is 1. The van der Waals surface area contributed by atoms with E-state index in [1.807, 2.05) is 48.5 Å². The Kier molecular flexibility index (Phi) is 6.17. The minimum absolute atomic E-state index is 0.0546. The van der Waals surface area contributed by atoms with Gasteiger partial charge in [0.05, 0.1) is 6.61 Å². The van der Waals surface area contributed by atoms with Crippen molar-refractivity contribution in [1.82, 2.24) is 0 Å². The van der Waals surface area contributed by atoms with Gasteiger partial charge in [0, 0.05) is 12.0 Å². The summed E-state index contributed by atoms with van der Waals surface area (Å²) in [5.41, 5.74) is 8.45. The molecule has 27 heavy (non-hydrogen) atoms. The third-order valence-corrected chi connectivity index (χ3v) is 5.48. The van der Waals surface area contributed by atoms with Crippen LogP contribution >= 0.6 is 0 Å². The molecule has 4 nitrogen and oxygen atoms in total. The molecule has 1 saturated carbocycles. The van der Waals surface area contributed by atoms with Gasteiger partial charge in [-0.25, -0.2) is 4.79 Å². The Labute approximate surface area is 161 Å². The Bertz CT molecular complexity index is 761. The van der Waals surface area contributed by atoms with Gasteiger partial charge in [-0.05, 0) is 36.0 Å². The molecule has 0 spiro atoms. The molecule has 4 heteroatoms. The molecule has 2 N–H and O–H groups in total. The fourth-order valence-electron chi connectivity index (χ4n) is 3.48. The molecule has 1 aliphatic rings.